The molecule has 0 aromatic heterocycles. The van der Waals surface area contributed by atoms with Crippen LogP contribution < -0.4 is 4.90 Å². The molecule has 110 valence electrons. The minimum atomic E-state index is -0.617. The van der Waals surface area contributed by atoms with E-state index >= 15 is 0 Å². The van der Waals surface area contributed by atoms with Crippen LogP contribution in [0.2, 0.25) is 0 Å². The molecule has 5 heteroatoms. The Morgan fingerprint density at radius 2 is 1.68 bits per heavy atom. The first kappa shape index (κ1) is 14.1. The van der Waals surface area contributed by atoms with Crippen molar-refractivity contribution < 1.29 is 18.8 Å². The summed E-state index contributed by atoms with van der Waals surface area (Å²) in [7, 11) is 0. The number of halogens is 1. The third kappa shape index (κ3) is 2.41. The van der Waals surface area contributed by atoms with E-state index in [-0.39, 0.29) is 18.7 Å². The minimum absolute atomic E-state index is 0.0684. The highest BCUT2D eigenvalue weighted by Gasteiger charge is 2.35. The highest BCUT2D eigenvalue weighted by atomic mass is 19.1. The maximum Gasteiger partial charge on any atom is 0.299 e. The molecule has 2 aromatic rings. The SMILES string of the molecule is O=C(CCN1C(=O)C(=O)c2ccccc21)c1ccc(F)cc1. The molecule has 0 radical (unpaired) electrons. The van der Waals surface area contributed by atoms with Crippen LogP contribution in [-0.2, 0) is 4.79 Å². The lowest BCUT2D eigenvalue weighted by molar-refractivity contribution is -0.114. The summed E-state index contributed by atoms with van der Waals surface area (Å²) < 4.78 is 12.8. The number of anilines is 1. The molecule has 4 nitrogen and oxygen atoms in total. The zero-order valence-electron chi connectivity index (χ0n) is 11.6. The highest BCUT2D eigenvalue weighted by Crippen LogP contribution is 2.28. The first-order valence-electron chi connectivity index (χ1n) is 6.82. The zero-order valence-corrected chi connectivity index (χ0v) is 11.6. The molecule has 0 aliphatic carbocycles. The Hall–Kier alpha value is -2.82. The van der Waals surface area contributed by atoms with Gasteiger partial charge in [0.25, 0.3) is 11.7 Å². The third-order valence-electron chi connectivity index (χ3n) is 3.61. The van der Waals surface area contributed by atoms with E-state index in [4.69, 9.17) is 0 Å². The van der Waals surface area contributed by atoms with Gasteiger partial charge in [-0.2, -0.15) is 0 Å². The van der Waals surface area contributed by atoms with E-state index in [0.29, 0.717) is 16.8 Å². The van der Waals surface area contributed by atoms with Gasteiger partial charge in [-0.05, 0) is 36.4 Å². The lowest BCUT2D eigenvalue weighted by Crippen LogP contribution is -2.31. The molecule has 0 fully saturated rings. The van der Waals surface area contributed by atoms with Gasteiger partial charge in [0.2, 0.25) is 0 Å². The topological polar surface area (TPSA) is 54.5 Å². The molecule has 22 heavy (non-hydrogen) atoms. The zero-order chi connectivity index (χ0) is 15.7. The fourth-order valence-corrected chi connectivity index (χ4v) is 2.46. The second-order valence-corrected chi connectivity index (χ2v) is 4.98. The van der Waals surface area contributed by atoms with Crippen LogP contribution >= 0.6 is 0 Å². The van der Waals surface area contributed by atoms with Crippen LogP contribution in [0.4, 0.5) is 10.1 Å². The van der Waals surface area contributed by atoms with Gasteiger partial charge in [0.15, 0.2) is 5.78 Å². The van der Waals surface area contributed by atoms with Crippen molar-refractivity contribution >= 4 is 23.2 Å². The number of benzene rings is 2. The van der Waals surface area contributed by atoms with Crippen molar-refractivity contribution in [3.8, 4) is 0 Å². The van der Waals surface area contributed by atoms with Crippen LogP contribution in [0.5, 0.6) is 0 Å². The molecule has 0 saturated carbocycles. The Morgan fingerprint density at radius 1 is 1.00 bits per heavy atom. The standard InChI is InChI=1S/C17H12FNO3/c18-12-7-5-11(6-8-12)15(20)9-10-19-14-4-2-1-3-13(14)16(21)17(19)22/h1-8H,9-10H2. The number of para-hydroxylation sites is 1. The monoisotopic (exact) mass is 297 g/mol. The number of carbonyl (C=O) groups excluding carboxylic acids is 3. The van der Waals surface area contributed by atoms with Crippen molar-refractivity contribution in [2.24, 2.45) is 0 Å². The molecular formula is C17H12FNO3. The van der Waals surface area contributed by atoms with Crippen molar-refractivity contribution in [3.05, 3.63) is 65.5 Å². The van der Waals surface area contributed by atoms with Gasteiger partial charge in [-0.3, -0.25) is 14.4 Å². The predicted octanol–water partition coefficient (Wildman–Crippen LogP) is 2.63. The summed E-state index contributed by atoms with van der Waals surface area (Å²) in [6.45, 7) is 0.123. The summed E-state index contributed by atoms with van der Waals surface area (Å²) in [6.07, 6.45) is 0.0684. The van der Waals surface area contributed by atoms with Crippen LogP contribution in [0.25, 0.3) is 0 Å². The summed E-state index contributed by atoms with van der Waals surface area (Å²) in [4.78, 5) is 37.2. The average Bonchev–Trinajstić information content (AvgIpc) is 2.78. The van der Waals surface area contributed by atoms with E-state index in [9.17, 15) is 18.8 Å². The van der Waals surface area contributed by atoms with Crippen LogP contribution in [0.15, 0.2) is 48.5 Å². The van der Waals surface area contributed by atoms with Gasteiger partial charge in [0, 0.05) is 18.5 Å². The van der Waals surface area contributed by atoms with Gasteiger partial charge in [-0.15, -0.1) is 0 Å². The van der Waals surface area contributed by atoms with Crippen LogP contribution in [0, 0.1) is 5.82 Å². The van der Waals surface area contributed by atoms with Crippen molar-refractivity contribution in [1.82, 2.24) is 0 Å². The quantitative estimate of drug-likeness (QED) is 0.644. The number of carbonyl (C=O) groups is 3. The summed E-state index contributed by atoms with van der Waals surface area (Å²) >= 11 is 0. The molecule has 1 aliphatic rings. The maximum atomic E-state index is 12.8. The van der Waals surface area contributed by atoms with Gasteiger partial charge in [-0.1, -0.05) is 12.1 Å². The smallest absolute Gasteiger partial charge is 0.299 e. The van der Waals surface area contributed by atoms with Crippen LogP contribution in [-0.4, -0.2) is 24.0 Å². The largest absolute Gasteiger partial charge is 0.304 e. The lowest BCUT2D eigenvalue weighted by atomic mass is 10.1. The van der Waals surface area contributed by atoms with E-state index in [1.54, 1.807) is 24.3 Å². The Bertz CT molecular complexity index is 768. The Kier molecular flexibility index (Phi) is 3.55. The number of Topliss-reactive ketones (excluding diaryl/α,β-unsaturated/α-hetero) is 2. The molecular weight excluding hydrogens is 285 g/mol. The minimum Gasteiger partial charge on any atom is -0.304 e. The molecule has 1 amide bonds. The van der Waals surface area contributed by atoms with Gasteiger partial charge < -0.3 is 4.90 Å². The van der Waals surface area contributed by atoms with Crippen LogP contribution in [0.1, 0.15) is 27.1 Å². The number of ketones is 2. The second-order valence-electron chi connectivity index (χ2n) is 4.98. The number of fused-ring (bicyclic) bond motifs is 1. The number of amides is 1. The van der Waals surface area contributed by atoms with Crippen molar-refractivity contribution in [2.45, 2.75) is 6.42 Å². The highest BCUT2D eigenvalue weighted by molar-refractivity contribution is 6.52. The van der Waals surface area contributed by atoms with Gasteiger partial charge in [0.05, 0.1) is 11.3 Å². The number of rotatable bonds is 4. The van der Waals surface area contributed by atoms with E-state index < -0.39 is 17.5 Å². The summed E-state index contributed by atoms with van der Waals surface area (Å²) in [5.41, 5.74) is 1.28. The lowest BCUT2D eigenvalue weighted by Gasteiger charge is -2.15. The van der Waals surface area contributed by atoms with Crippen LogP contribution in [0.3, 0.4) is 0 Å². The first-order chi connectivity index (χ1) is 10.6. The van der Waals surface area contributed by atoms with Crippen molar-refractivity contribution in [2.75, 3.05) is 11.4 Å². The van der Waals surface area contributed by atoms with E-state index in [0.717, 1.165) is 0 Å². The molecule has 1 aliphatic heterocycles. The Morgan fingerprint density at radius 3 is 2.41 bits per heavy atom. The molecule has 1 heterocycles. The number of hydrogen-bond donors (Lipinski definition) is 0. The van der Waals surface area contributed by atoms with Crippen molar-refractivity contribution in [3.63, 3.8) is 0 Å². The fourth-order valence-electron chi connectivity index (χ4n) is 2.46. The molecule has 0 saturated heterocycles. The summed E-state index contributed by atoms with van der Waals surface area (Å²) in [5.74, 6) is -1.78. The predicted molar refractivity (Wildman–Crippen MR) is 78.5 cm³/mol. The number of hydrogen-bond acceptors (Lipinski definition) is 3. The fraction of sp³-hybridized carbons (Fsp3) is 0.118. The molecule has 3 rings (SSSR count). The van der Waals surface area contributed by atoms with Gasteiger partial charge in [-0.25, -0.2) is 4.39 Å². The maximum absolute atomic E-state index is 12.8. The Labute approximate surface area is 126 Å². The summed E-state index contributed by atoms with van der Waals surface area (Å²) in [5, 5.41) is 0. The van der Waals surface area contributed by atoms with E-state index in [2.05, 4.69) is 0 Å². The molecule has 0 unspecified atom stereocenters. The Balaban J connectivity index is 1.74. The van der Waals surface area contributed by atoms with Gasteiger partial charge in [0.1, 0.15) is 5.82 Å². The average molecular weight is 297 g/mol. The molecule has 0 atom stereocenters. The number of nitrogens with zero attached hydrogens (tertiary/aromatic N) is 1. The first-order valence-corrected chi connectivity index (χ1v) is 6.82. The third-order valence-corrected chi connectivity index (χ3v) is 3.61. The van der Waals surface area contributed by atoms with Gasteiger partial charge >= 0.3 is 0 Å². The normalized spacial score (nSPS) is 13.4. The summed E-state index contributed by atoms with van der Waals surface area (Å²) in [6, 6.07) is 11.9. The second kappa shape index (κ2) is 5.52. The molecule has 2 aromatic carbocycles. The molecule has 0 spiro atoms. The van der Waals surface area contributed by atoms with E-state index in [1.807, 2.05) is 0 Å². The van der Waals surface area contributed by atoms with E-state index in [1.165, 1.54) is 29.2 Å². The van der Waals surface area contributed by atoms with Crippen molar-refractivity contribution in [1.29, 1.82) is 0 Å². The molecule has 0 bridgehead atoms. The molecule has 0 N–H and O–H groups in total.